The molecule has 1 fully saturated rings. The number of methoxy groups -OCH3 is 1. The number of hydrogen-bond acceptors (Lipinski definition) is 3. The second-order valence-electron chi connectivity index (χ2n) is 4.38. The smallest absolute Gasteiger partial charge is 0.118 e. The van der Waals surface area contributed by atoms with E-state index in [0.717, 1.165) is 18.8 Å². The second-order valence-corrected chi connectivity index (χ2v) is 4.38. The van der Waals surface area contributed by atoms with Gasteiger partial charge in [0.1, 0.15) is 5.75 Å². The first-order valence-corrected chi connectivity index (χ1v) is 5.91. The summed E-state index contributed by atoms with van der Waals surface area (Å²) in [5, 5.41) is 3.44. The maximum atomic E-state index is 5.46. The average molecular weight is 220 g/mol. The molecule has 3 heteroatoms. The van der Waals surface area contributed by atoms with Gasteiger partial charge in [0.15, 0.2) is 0 Å². The van der Waals surface area contributed by atoms with E-state index in [4.69, 9.17) is 10.5 Å². The predicted octanol–water partition coefficient (Wildman–Crippen LogP) is 1.49. The van der Waals surface area contributed by atoms with Gasteiger partial charge in [-0.05, 0) is 36.5 Å². The van der Waals surface area contributed by atoms with Crippen LogP contribution in [0.1, 0.15) is 24.3 Å². The monoisotopic (exact) mass is 220 g/mol. The molecule has 3 nitrogen and oxygen atoms in total. The molecule has 0 unspecified atom stereocenters. The maximum Gasteiger partial charge on any atom is 0.118 e. The van der Waals surface area contributed by atoms with Crippen molar-refractivity contribution in [3.05, 3.63) is 29.8 Å². The fraction of sp³-hybridized carbons (Fsp3) is 0.538. The quantitative estimate of drug-likeness (QED) is 0.790. The number of nitrogens with two attached hydrogens (primary N) is 1. The van der Waals surface area contributed by atoms with E-state index in [2.05, 4.69) is 17.4 Å². The van der Waals surface area contributed by atoms with Crippen LogP contribution in [0.25, 0.3) is 0 Å². The van der Waals surface area contributed by atoms with E-state index in [9.17, 15) is 0 Å². The molecule has 0 aliphatic heterocycles. The van der Waals surface area contributed by atoms with Crippen LogP contribution in [0.15, 0.2) is 24.3 Å². The standard InChI is InChI=1S/C13H20N2O/c1-16-13-4-2-10(3-5-13)11-8-12(9-11)15-7-6-14/h2-5,11-12,15H,6-9,14H2,1H3. The summed E-state index contributed by atoms with van der Waals surface area (Å²) in [6, 6.07) is 9.08. The molecule has 0 atom stereocenters. The van der Waals surface area contributed by atoms with Crippen molar-refractivity contribution in [2.45, 2.75) is 24.8 Å². The molecular weight excluding hydrogens is 200 g/mol. The number of rotatable bonds is 5. The molecule has 0 heterocycles. The summed E-state index contributed by atoms with van der Waals surface area (Å²) in [6.07, 6.45) is 2.46. The first-order chi connectivity index (χ1) is 7.83. The van der Waals surface area contributed by atoms with Crippen molar-refractivity contribution in [1.82, 2.24) is 5.32 Å². The van der Waals surface area contributed by atoms with Crippen molar-refractivity contribution in [3.63, 3.8) is 0 Å². The molecule has 0 bridgehead atoms. The van der Waals surface area contributed by atoms with Crippen LogP contribution >= 0.6 is 0 Å². The third-order valence-electron chi connectivity index (χ3n) is 3.30. The van der Waals surface area contributed by atoms with Crippen molar-refractivity contribution in [1.29, 1.82) is 0 Å². The van der Waals surface area contributed by atoms with Crippen LogP contribution in [0, 0.1) is 0 Å². The van der Waals surface area contributed by atoms with Crippen molar-refractivity contribution >= 4 is 0 Å². The summed E-state index contributed by atoms with van der Waals surface area (Å²) in [6.45, 7) is 1.66. The molecular formula is C13H20N2O. The number of hydrogen-bond donors (Lipinski definition) is 2. The Labute approximate surface area is 97.0 Å². The largest absolute Gasteiger partial charge is 0.497 e. The molecule has 1 aliphatic rings. The van der Waals surface area contributed by atoms with Gasteiger partial charge in [0.25, 0.3) is 0 Å². The lowest BCUT2D eigenvalue weighted by Gasteiger charge is -2.36. The molecule has 1 aliphatic carbocycles. The lowest BCUT2D eigenvalue weighted by atomic mass is 9.76. The van der Waals surface area contributed by atoms with E-state index in [0.29, 0.717) is 12.0 Å². The Hall–Kier alpha value is -1.06. The molecule has 16 heavy (non-hydrogen) atoms. The minimum Gasteiger partial charge on any atom is -0.497 e. The second kappa shape index (κ2) is 5.32. The predicted molar refractivity (Wildman–Crippen MR) is 65.8 cm³/mol. The van der Waals surface area contributed by atoms with Crippen LogP contribution in [0.5, 0.6) is 5.75 Å². The number of nitrogens with one attached hydrogen (secondary N) is 1. The molecule has 1 aromatic rings. The van der Waals surface area contributed by atoms with E-state index in [-0.39, 0.29) is 0 Å². The molecule has 3 N–H and O–H groups in total. The summed E-state index contributed by atoms with van der Waals surface area (Å²) in [5.74, 6) is 1.64. The highest BCUT2D eigenvalue weighted by molar-refractivity contribution is 5.30. The normalized spacial score (nSPS) is 23.9. The zero-order chi connectivity index (χ0) is 11.4. The van der Waals surface area contributed by atoms with Crippen LogP contribution in [0.4, 0.5) is 0 Å². The molecule has 0 saturated heterocycles. The van der Waals surface area contributed by atoms with Gasteiger partial charge in [-0.2, -0.15) is 0 Å². The highest BCUT2D eigenvalue weighted by atomic mass is 16.5. The van der Waals surface area contributed by atoms with Crippen LogP contribution in [-0.4, -0.2) is 26.2 Å². The SMILES string of the molecule is COc1ccc(C2CC(NCCN)C2)cc1. The molecule has 2 rings (SSSR count). The van der Waals surface area contributed by atoms with Gasteiger partial charge in [-0.25, -0.2) is 0 Å². The van der Waals surface area contributed by atoms with Gasteiger partial charge < -0.3 is 15.8 Å². The van der Waals surface area contributed by atoms with E-state index >= 15 is 0 Å². The van der Waals surface area contributed by atoms with E-state index < -0.39 is 0 Å². The fourth-order valence-electron chi connectivity index (χ4n) is 2.22. The Kier molecular flexibility index (Phi) is 3.80. The number of benzene rings is 1. The van der Waals surface area contributed by atoms with Crippen LogP contribution in [-0.2, 0) is 0 Å². The molecule has 0 spiro atoms. The summed E-state index contributed by atoms with van der Waals surface area (Å²) < 4.78 is 5.15. The Morgan fingerprint density at radius 2 is 2.00 bits per heavy atom. The van der Waals surface area contributed by atoms with Gasteiger partial charge in [0.05, 0.1) is 7.11 Å². The Bertz CT molecular complexity index is 317. The lowest BCUT2D eigenvalue weighted by Crippen LogP contribution is -2.42. The molecule has 0 aromatic heterocycles. The van der Waals surface area contributed by atoms with Crippen molar-refractivity contribution in [2.24, 2.45) is 5.73 Å². The summed E-state index contributed by atoms with van der Waals surface area (Å²) >= 11 is 0. The van der Waals surface area contributed by atoms with Crippen molar-refractivity contribution in [2.75, 3.05) is 20.2 Å². The zero-order valence-corrected chi connectivity index (χ0v) is 9.78. The zero-order valence-electron chi connectivity index (χ0n) is 9.78. The molecule has 88 valence electrons. The number of ether oxygens (including phenoxy) is 1. The average Bonchev–Trinajstić information content (AvgIpc) is 2.28. The highest BCUT2D eigenvalue weighted by Crippen LogP contribution is 2.37. The Balaban J connectivity index is 1.82. The third kappa shape index (κ3) is 2.54. The Morgan fingerprint density at radius 3 is 2.56 bits per heavy atom. The van der Waals surface area contributed by atoms with Gasteiger partial charge in [0.2, 0.25) is 0 Å². The first kappa shape index (κ1) is 11.4. The summed E-state index contributed by atoms with van der Waals surface area (Å²) in [4.78, 5) is 0. The van der Waals surface area contributed by atoms with Crippen LogP contribution in [0.2, 0.25) is 0 Å². The maximum absolute atomic E-state index is 5.46. The van der Waals surface area contributed by atoms with Gasteiger partial charge in [-0.1, -0.05) is 12.1 Å². The van der Waals surface area contributed by atoms with Crippen LogP contribution < -0.4 is 15.8 Å². The lowest BCUT2D eigenvalue weighted by molar-refractivity contribution is 0.294. The minimum atomic E-state index is 0.663. The van der Waals surface area contributed by atoms with Crippen LogP contribution in [0.3, 0.4) is 0 Å². The van der Waals surface area contributed by atoms with Crippen molar-refractivity contribution < 1.29 is 4.74 Å². The summed E-state index contributed by atoms with van der Waals surface area (Å²) in [5.41, 5.74) is 6.88. The van der Waals surface area contributed by atoms with E-state index in [1.165, 1.54) is 18.4 Å². The third-order valence-corrected chi connectivity index (χ3v) is 3.30. The van der Waals surface area contributed by atoms with E-state index in [1.807, 2.05) is 12.1 Å². The van der Waals surface area contributed by atoms with Crippen molar-refractivity contribution in [3.8, 4) is 5.75 Å². The topological polar surface area (TPSA) is 47.3 Å². The fourth-order valence-corrected chi connectivity index (χ4v) is 2.22. The molecule has 1 saturated carbocycles. The summed E-state index contributed by atoms with van der Waals surface area (Å²) in [7, 11) is 1.70. The van der Waals surface area contributed by atoms with Gasteiger partial charge in [0, 0.05) is 19.1 Å². The minimum absolute atomic E-state index is 0.663. The molecule has 1 aromatic carbocycles. The van der Waals surface area contributed by atoms with E-state index in [1.54, 1.807) is 7.11 Å². The molecule has 0 radical (unpaired) electrons. The van der Waals surface area contributed by atoms with Gasteiger partial charge in [-0.15, -0.1) is 0 Å². The first-order valence-electron chi connectivity index (χ1n) is 5.91. The van der Waals surface area contributed by atoms with Gasteiger partial charge in [-0.3, -0.25) is 0 Å². The molecule has 0 amide bonds. The van der Waals surface area contributed by atoms with Gasteiger partial charge >= 0.3 is 0 Å². The Morgan fingerprint density at radius 1 is 1.31 bits per heavy atom. The highest BCUT2D eigenvalue weighted by Gasteiger charge is 2.29.